The molecule has 3 N–H and O–H groups in total. The van der Waals surface area contributed by atoms with E-state index in [0.29, 0.717) is 11.3 Å². The molecule has 0 aliphatic carbocycles. The molecule has 1 aromatic carbocycles. The summed E-state index contributed by atoms with van der Waals surface area (Å²) in [6, 6.07) is 8.75. The van der Waals surface area contributed by atoms with Crippen LogP contribution in [-0.2, 0) is 10.3 Å². The molecule has 33 heavy (non-hydrogen) atoms. The second kappa shape index (κ2) is 8.68. The molecule has 4 rings (SSSR count). The Morgan fingerprint density at radius 1 is 1.39 bits per heavy atom. The molecule has 2 aromatic rings. The molecule has 0 bridgehead atoms. The first-order valence-electron chi connectivity index (χ1n) is 10.1. The van der Waals surface area contributed by atoms with Crippen LogP contribution in [0.4, 0.5) is 18.9 Å². The number of carbonyl (C=O) groups excluding carboxylic acids is 1. The fourth-order valence-electron chi connectivity index (χ4n) is 4.05. The van der Waals surface area contributed by atoms with E-state index in [4.69, 9.17) is 15.7 Å². The zero-order chi connectivity index (χ0) is 23.8. The molecule has 1 aromatic heterocycles. The van der Waals surface area contributed by atoms with Crippen LogP contribution in [0.3, 0.4) is 0 Å². The largest absolute Gasteiger partial charge is 0.379 e. The number of anilines is 1. The first-order chi connectivity index (χ1) is 15.6. The van der Waals surface area contributed by atoms with E-state index < -0.39 is 35.2 Å². The van der Waals surface area contributed by atoms with E-state index in [1.165, 1.54) is 48.3 Å². The SMILES string of the molecule is CC(F)(F)C1CC2CSC(N)=NC2(c2cc(NC(=O)c3ccc(C#N)cn3)ccc2F)CO1. The predicted octanol–water partition coefficient (Wildman–Crippen LogP) is 3.66. The van der Waals surface area contributed by atoms with Gasteiger partial charge in [-0.3, -0.25) is 4.79 Å². The van der Waals surface area contributed by atoms with Crippen molar-refractivity contribution < 1.29 is 22.7 Å². The van der Waals surface area contributed by atoms with Gasteiger partial charge in [0.25, 0.3) is 11.8 Å². The molecule has 3 unspecified atom stereocenters. The Bertz CT molecular complexity index is 1150. The van der Waals surface area contributed by atoms with Crippen molar-refractivity contribution in [1.82, 2.24) is 4.98 Å². The van der Waals surface area contributed by atoms with Crippen LogP contribution in [0, 0.1) is 23.1 Å². The third-order valence-corrected chi connectivity index (χ3v) is 6.76. The van der Waals surface area contributed by atoms with Gasteiger partial charge in [-0.05, 0) is 36.8 Å². The number of aromatic nitrogens is 1. The number of aliphatic imine (C=N–C) groups is 1. The highest BCUT2D eigenvalue weighted by Crippen LogP contribution is 2.49. The minimum absolute atomic E-state index is 0.0154. The Morgan fingerprint density at radius 2 is 2.18 bits per heavy atom. The third-order valence-electron chi connectivity index (χ3n) is 5.80. The first-order valence-corrected chi connectivity index (χ1v) is 11.1. The number of nitriles is 1. The van der Waals surface area contributed by atoms with Gasteiger partial charge in [0, 0.05) is 36.0 Å². The van der Waals surface area contributed by atoms with Gasteiger partial charge in [-0.1, -0.05) is 11.8 Å². The maximum absolute atomic E-state index is 15.0. The van der Waals surface area contributed by atoms with Crippen LogP contribution in [0.1, 0.15) is 35.0 Å². The van der Waals surface area contributed by atoms with Crippen molar-refractivity contribution >= 4 is 28.5 Å². The fourth-order valence-corrected chi connectivity index (χ4v) is 5.06. The number of halogens is 3. The number of hydrogen-bond acceptors (Lipinski definition) is 7. The molecule has 172 valence electrons. The minimum atomic E-state index is -3.05. The number of pyridine rings is 1. The van der Waals surface area contributed by atoms with E-state index in [9.17, 15) is 13.6 Å². The molecular weight excluding hydrogens is 455 g/mol. The minimum Gasteiger partial charge on any atom is -0.379 e. The van der Waals surface area contributed by atoms with E-state index in [0.717, 1.165) is 6.92 Å². The van der Waals surface area contributed by atoms with E-state index in [-0.39, 0.29) is 35.1 Å². The lowest BCUT2D eigenvalue weighted by atomic mass is 9.74. The molecule has 0 radical (unpaired) electrons. The second-order valence-corrected chi connectivity index (χ2v) is 9.11. The molecular formula is C22H20F3N5O2S. The van der Waals surface area contributed by atoms with Gasteiger partial charge >= 0.3 is 0 Å². The maximum atomic E-state index is 15.0. The number of amidine groups is 1. The summed E-state index contributed by atoms with van der Waals surface area (Å²) in [4.78, 5) is 21.0. The lowest BCUT2D eigenvalue weighted by molar-refractivity contribution is -0.170. The fraction of sp³-hybridized carbons (Fsp3) is 0.364. The number of alkyl halides is 2. The molecule has 0 saturated carbocycles. The van der Waals surface area contributed by atoms with E-state index in [1.807, 2.05) is 6.07 Å². The van der Waals surface area contributed by atoms with Gasteiger partial charge in [-0.15, -0.1) is 0 Å². The van der Waals surface area contributed by atoms with E-state index in [1.54, 1.807) is 0 Å². The van der Waals surface area contributed by atoms with Crippen molar-refractivity contribution in [3.05, 3.63) is 59.2 Å². The summed E-state index contributed by atoms with van der Waals surface area (Å²) in [6.45, 7) is 0.532. The summed E-state index contributed by atoms with van der Waals surface area (Å²) < 4.78 is 48.4. The van der Waals surface area contributed by atoms with Crippen LogP contribution in [0.5, 0.6) is 0 Å². The third kappa shape index (κ3) is 4.54. The van der Waals surface area contributed by atoms with Gasteiger partial charge in [0.2, 0.25) is 0 Å². The van der Waals surface area contributed by atoms with Crippen molar-refractivity contribution in [2.45, 2.75) is 30.9 Å². The quantitative estimate of drug-likeness (QED) is 0.698. The van der Waals surface area contributed by atoms with Crippen molar-refractivity contribution in [2.24, 2.45) is 16.6 Å². The molecule has 1 saturated heterocycles. The first kappa shape index (κ1) is 23.1. The molecule has 1 fully saturated rings. The van der Waals surface area contributed by atoms with Crippen molar-refractivity contribution in [3.8, 4) is 6.07 Å². The lowest BCUT2D eigenvalue weighted by Crippen LogP contribution is -2.53. The number of thioether (sulfide) groups is 1. The van der Waals surface area contributed by atoms with Gasteiger partial charge in [0.1, 0.15) is 29.2 Å². The van der Waals surface area contributed by atoms with Crippen LogP contribution in [0.25, 0.3) is 0 Å². The van der Waals surface area contributed by atoms with Gasteiger partial charge < -0.3 is 15.8 Å². The lowest BCUT2D eigenvalue weighted by Gasteiger charge is -2.47. The van der Waals surface area contributed by atoms with Crippen LogP contribution in [-0.4, -0.2) is 40.4 Å². The second-order valence-electron chi connectivity index (χ2n) is 8.07. The Labute approximate surface area is 192 Å². The van der Waals surface area contributed by atoms with E-state index >= 15 is 4.39 Å². The molecule has 3 atom stereocenters. The highest BCUT2D eigenvalue weighted by molar-refractivity contribution is 8.13. The van der Waals surface area contributed by atoms with Crippen LogP contribution in [0.15, 0.2) is 41.5 Å². The smallest absolute Gasteiger partial charge is 0.274 e. The Kier molecular flexibility index (Phi) is 6.07. The average Bonchev–Trinajstić information content (AvgIpc) is 2.79. The molecule has 2 aliphatic heterocycles. The number of amides is 1. The number of benzene rings is 1. The van der Waals surface area contributed by atoms with Gasteiger partial charge in [-0.2, -0.15) is 5.26 Å². The molecule has 2 aliphatic rings. The van der Waals surface area contributed by atoms with E-state index in [2.05, 4.69) is 15.3 Å². The number of hydrogen-bond donors (Lipinski definition) is 2. The van der Waals surface area contributed by atoms with Crippen LogP contribution < -0.4 is 11.1 Å². The highest BCUT2D eigenvalue weighted by atomic mass is 32.2. The predicted molar refractivity (Wildman–Crippen MR) is 118 cm³/mol. The standard InChI is InChI=1S/C22H20F3N5O2S/c1-21(24,25)18-6-13-10-33-20(27)30-22(13,11-32-18)15-7-14(3-4-16(15)23)29-19(31)17-5-2-12(8-26)9-28-17/h2-5,7,9,13,18H,6,10-11H2,1H3,(H2,27,30)(H,29,31). The molecule has 11 heteroatoms. The van der Waals surface area contributed by atoms with Crippen molar-refractivity contribution in [2.75, 3.05) is 17.7 Å². The van der Waals surface area contributed by atoms with Gasteiger partial charge in [-0.25, -0.2) is 23.1 Å². The van der Waals surface area contributed by atoms with Gasteiger partial charge in [0.05, 0.1) is 12.2 Å². The Hall–Kier alpha value is -3.10. The number of fused-ring (bicyclic) bond motifs is 1. The van der Waals surface area contributed by atoms with Crippen LogP contribution >= 0.6 is 11.8 Å². The highest BCUT2D eigenvalue weighted by Gasteiger charge is 2.53. The van der Waals surface area contributed by atoms with Gasteiger partial charge in [0.15, 0.2) is 5.17 Å². The molecule has 7 nitrogen and oxygen atoms in total. The number of nitrogens with zero attached hydrogens (tertiary/aromatic N) is 3. The Morgan fingerprint density at radius 3 is 2.85 bits per heavy atom. The van der Waals surface area contributed by atoms with Crippen LogP contribution in [0.2, 0.25) is 0 Å². The number of nitrogens with two attached hydrogens (primary N) is 1. The Balaban J connectivity index is 1.66. The molecule has 0 spiro atoms. The zero-order valence-corrected chi connectivity index (χ0v) is 18.3. The van der Waals surface area contributed by atoms with Crippen molar-refractivity contribution in [3.63, 3.8) is 0 Å². The summed E-state index contributed by atoms with van der Waals surface area (Å²) in [7, 11) is 0. The normalized spacial score (nSPS) is 24.9. The average molecular weight is 475 g/mol. The summed E-state index contributed by atoms with van der Waals surface area (Å²) in [5.41, 5.74) is 5.41. The summed E-state index contributed by atoms with van der Waals surface area (Å²) in [5, 5.41) is 11.7. The number of rotatable bonds is 4. The zero-order valence-electron chi connectivity index (χ0n) is 17.5. The number of nitrogens with one attached hydrogen (secondary N) is 1. The molecule has 1 amide bonds. The number of carbonyl (C=O) groups is 1. The summed E-state index contributed by atoms with van der Waals surface area (Å²) in [6.07, 6.45) is -0.0529. The van der Waals surface area contributed by atoms with Crippen molar-refractivity contribution in [1.29, 1.82) is 5.26 Å². The monoisotopic (exact) mass is 475 g/mol. The summed E-state index contributed by atoms with van der Waals surface area (Å²) in [5.74, 6) is -4.27. The molecule has 3 heterocycles. The topological polar surface area (TPSA) is 113 Å². The number of ether oxygens (including phenoxy) is 1. The maximum Gasteiger partial charge on any atom is 0.274 e. The summed E-state index contributed by atoms with van der Waals surface area (Å²) >= 11 is 1.23.